The Hall–Kier alpha value is -2.28. The van der Waals surface area contributed by atoms with E-state index in [1.165, 1.54) is 0 Å². The topological polar surface area (TPSA) is 92.3 Å². The molecule has 2 heterocycles. The van der Waals surface area contributed by atoms with Crippen LogP contribution in [0.25, 0.3) is 0 Å². The summed E-state index contributed by atoms with van der Waals surface area (Å²) in [4.78, 5) is 14.6. The second-order valence-electron chi connectivity index (χ2n) is 5.49. The molecule has 1 atom stereocenters. The lowest BCUT2D eigenvalue weighted by molar-refractivity contribution is -0.151. The summed E-state index contributed by atoms with van der Waals surface area (Å²) in [6, 6.07) is 3.79. The molecule has 2 aromatic rings. The molecule has 7 nitrogen and oxygen atoms in total. The summed E-state index contributed by atoms with van der Waals surface area (Å²) in [6.07, 6.45) is 8.31. The molecule has 2 rings (SSSR count). The largest absolute Gasteiger partial charge is 0.425 e. The van der Waals surface area contributed by atoms with Gasteiger partial charge in [-0.1, -0.05) is 26.2 Å². The van der Waals surface area contributed by atoms with Gasteiger partial charge < -0.3 is 4.42 Å². The van der Waals surface area contributed by atoms with E-state index < -0.39 is 0 Å². The van der Waals surface area contributed by atoms with Crippen LogP contribution in [0.15, 0.2) is 28.9 Å². The molecular formula is C16H22N4O3. The van der Waals surface area contributed by atoms with Gasteiger partial charge in [-0.05, 0) is 24.1 Å². The predicted octanol–water partition coefficient (Wildman–Crippen LogP) is 2.57. The summed E-state index contributed by atoms with van der Waals surface area (Å²) in [5.74, 6) is 0.823. The number of aromatic nitrogens is 3. The Bertz CT molecular complexity index is 588. The van der Waals surface area contributed by atoms with Crippen LogP contribution in [-0.4, -0.2) is 38.4 Å². The molecule has 0 spiro atoms. The summed E-state index contributed by atoms with van der Waals surface area (Å²) in [5.41, 5.74) is 1.04. The minimum Gasteiger partial charge on any atom is -0.425 e. The molecular weight excluding hydrogens is 296 g/mol. The van der Waals surface area contributed by atoms with Crippen LogP contribution in [0.2, 0.25) is 0 Å². The molecule has 23 heavy (non-hydrogen) atoms. The van der Waals surface area contributed by atoms with Crippen LogP contribution in [0.4, 0.5) is 0 Å². The zero-order valence-corrected chi connectivity index (χ0v) is 13.3. The number of carbonyl (C=O) groups excluding carboxylic acids is 1. The molecule has 0 aliphatic carbocycles. The first-order valence-electron chi connectivity index (χ1n) is 7.85. The maximum atomic E-state index is 10.7. The number of amides is 1. The third kappa shape index (κ3) is 5.45. The number of hydroxylamine groups is 2. The number of pyridine rings is 1. The summed E-state index contributed by atoms with van der Waals surface area (Å²) in [6.45, 7) is 2.28. The van der Waals surface area contributed by atoms with Crippen LogP contribution in [0.1, 0.15) is 55.9 Å². The Morgan fingerprint density at radius 3 is 2.78 bits per heavy atom. The zero-order chi connectivity index (χ0) is 16.5. The van der Waals surface area contributed by atoms with Crippen LogP contribution in [0.3, 0.4) is 0 Å². The van der Waals surface area contributed by atoms with E-state index in [4.69, 9.17) is 4.42 Å². The van der Waals surface area contributed by atoms with Gasteiger partial charge in [-0.15, -0.1) is 10.2 Å². The van der Waals surface area contributed by atoms with Crippen molar-refractivity contribution in [2.45, 2.75) is 44.9 Å². The number of hydrogen-bond acceptors (Lipinski definition) is 6. The van der Waals surface area contributed by atoms with E-state index in [2.05, 4.69) is 22.1 Å². The SMILES string of the molecule is CCCCC[C@@H](CN(O)C=O)c1nnc(Cc2ccncc2)o1. The highest BCUT2D eigenvalue weighted by Gasteiger charge is 2.21. The van der Waals surface area contributed by atoms with Gasteiger partial charge in [0.15, 0.2) is 0 Å². The molecule has 1 N–H and O–H groups in total. The highest BCUT2D eigenvalue weighted by atomic mass is 16.5. The van der Waals surface area contributed by atoms with Crippen LogP contribution in [0.5, 0.6) is 0 Å². The highest BCUT2D eigenvalue weighted by molar-refractivity contribution is 5.44. The average Bonchev–Trinajstić information content (AvgIpc) is 3.03. The quantitative estimate of drug-likeness (QED) is 0.313. The van der Waals surface area contributed by atoms with E-state index in [1.807, 2.05) is 12.1 Å². The molecule has 1 amide bonds. The predicted molar refractivity (Wildman–Crippen MR) is 82.8 cm³/mol. The molecule has 0 saturated carbocycles. The van der Waals surface area contributed by atoms with Crippen molar-refractivity contribution in [3.05, 3.63) is 41.9 Å². The number of nitrogens with zero attached hydrogens (tertiary/aromatic N) is 4. The van der Waals surface area contributed by atoms with E-state index in [0.29, 0.717) is 29.7 Å². The molecule has 2 aromatic heterocycles. The van der Waals surface area contributed by atoms with Gasteiger partial charge in [-0.25, -0.2) is 5.06 Å². The van der Waals surface area contributed by atoms with Crippen molar-refractivity contribution in [2.75, 3.05) is 6.54 Å². The van der Waals surface area contributed by atoms with Crippen molar-refractivity contribution in [2.24, 2.45) is 0 Å². The number of carbonyl (C=O) groups is 1. The van der Waals surface area contributed by atoms with Gasteiger partial charge in [0, 0.05) is 12.4 Å². The van der Waals surface area contributed by atoms with Gasteiger partial charge in [-0.3, -0.25) is 15.0 Å². The average molecular weight is 318 g/mol. The first kappa shape index (κ1) is 17.1. The lowest BCUT2D eigenvalue weighted by Gasteiger charge is -2.16. The number of unbranched alkanes of at least 4 members (excludes halogenated alkanes) is 2. The van der Waals surface area contributed by atoms with E-state index in [9.17, 15) is 10.0 Å². The lowest BCUT2D eigenvalue weighted by atomic mass is 10.0. The van der Waals surface area contributed by atoms with E-state index in [1.54, 1.807) is 12.4 Å². The van der Waals surface area contributed by atoms with Gasteiger partial charge in [0.1, 0.15) is 0 Å². The van der Waals surface area contributed by atoms with Gasteiger partial charge in [0.05, 0.1) is 18.9 Å². The van der Waals surface area contributed by atoms with Crippen LogP contribution in [0, 0.1) is 0 Å². The van der Waals surface area contributed by atoms with Crippen LogP contribution in [-0.2, 0) is 11.2 Å². The van der Waals surface area contributed by atoms with Crippen LogP contribution >= 0.6 is 0 Å². The molecule has 124 valence electrons. The minimum atomic E-state index is -0.157. The van der Waals surface area contributed by atoms with Crippen LogP contribution < -0.4 is 0 Å². The van der Waals surface area contributed by atoms with E-state index in [-0.39, 0.29) is 12.5 Å². The fraction of sp³-hybridized carbons (Fsp3) is 0.500. The molecule has 0 aliphatic heterocycles. The standard InChI is InChI=1S/C16H22N4O3/c1-2-3-4-5-14(11-20(22)12-21)16-19-18-15(23-16)10-13-6-8-17-9-7-13/h6-9,12,14,22H,2-5,10-11H2,1H3/t14-/m0/s1. The van der Waals surface area contributed by atoms with Gasteiger partial charge in [0.2, 0.25) is 18.2 Å². The first-order valence-corrected chi connectivity index (χ1v) is 7.85. The summed E-state index contributed by atoms with van der Waals surface area (Å²) < 4.78 is 5.73. The fourth-order valence-electron chi connectivity index (χ4n) is 2.38. The van der Waals surface area contributed by atoms with Gasteiger partial charge in [0.25, 0.3) is 0 Å². The molecule has 0 aromatic carbocycles. The van der Waals surface area contributed by atoms with Gasteiger partial charge >= 0.3 is 0 Å². The first-order chi connectivity index (χ1) is 11.2. The molecule has 0 radical (unpaired) electrons. The molecule has 0 aliphatic rings. The molecule has 0 unspecified atom stereocenters. The lowest BCUT2D eigenvalue weighted by Crippen LogP contribution is -2.24. The van der Waals surface area contributed by atoms with Crippen molar-refractivity contribution >= 4 is 6.41 Å². The molecule has 0 saturated heterocycles. The smallest absolute Gasteiger partial charge is 0.233 e. The van der Waals surface area contributed by atoms with Crippen molar-refractivity contribution in [1.29, 1.82) is 0 Å². The monoisotopic (exact) mass is 318 g/mol. The summed E-state index contributed by atoms with van der Waals surface area (Å²) >= 11 is 0. The summed E-state index contributed by atoms with van der Waals surface area (Å²) in [7, 11) is 0. The van der Waals surface area contributed by atoms with Crippen molar-refractivity contribution in [1.82, 2.24) is 20.2 Å². The Labute approximate surface area is 135 Å². The van der Waals surface area contributed by atoms with E-state index >= 15 is 0 Å². The second-order valence-corrected chi connectivity index (χ2v) is 5.49. The van der Waals surface area contributed by atoms with E-state index in [0.717, 1.165) is 31.2 Å². The second kappa shape index (κ2) is 8.99. The summed E-state index contributed by atoms with van der Waals surface area (Å²) in [5, 5.41) is 18.2. The Morgan fingerprint density at radius 1 is 1.30 bits per heavy atom. The number of hydrogen-bond donors (Lipinski definition) is 1. The number of rotatable bonds is 10. The fourth-order valence-corrected chi connectivity index (χ4v) is 2.38. The Morgan fingerprint density at radius 2 is 2.09 bits per heavy atom. The third-order valence-corrected chi connectivity index (χ3v) is 3.62. The van der Waals surface area contributed by atoms with Crippen molar-refractivity contribution in [3.8, 4) is 0 Å². The van der Waals surface area contributed by atoms with Gasteiger partial charge in [-0.2, -0.15) is 0 Å². The van der Waals surface area contributed by atoms with Crippen molar-refractivity contribution in [3.63, 3.8) is 0 Å². The normalized spacial score (nSPS) is 12.1. The Kier molecular flexibility index (Phi) is 6.68. The third-order valence-electron chi connectivity index (χ3n) is 3.62. The maximum Gasteiger partial charge on any atom is 0.233 e. The Balaban J connectivity index is 2.04. The molecule has 7 heteroatoms. The maximum absolute atomic E-state index is 10.7. The minimum absolute atomic E-state index is 0.157. The van der Waals surface area contributed by atoms with Crippen molar-refractivity contribution < 1.29 is 14.4 Å². The zero-order valence-electron chi connectivity index (χ0n) is 13.3. The molecule has 0 bridgehead atoms. The highest BCUT2D eigenvalue weighted by Crippen LogP contribution is 2.23. The molecule has 0 fully saturated rings.